The first-order valence-electron chi connectivity index (χ1n) is 7.81. The van der Waals surface area contributed by atoms with Crippen LogP contribution in [0.25, 0.3) is 5.69 Å². The molecule has 1 aromatic heterocycles. The minimum absolute atomic E-state index is 0.0629. The minimum atomic E-state index is -1.12. The molecule has 0 bridgehead atoms. The average Bonchev–Trinajstić information content (AvgIpc) is 2.91. The molecule has 1 aromatic carbocycles. The highest BCUT2D eigenvalue weighted by molar-refractivity contribution is 7.90. The maximum atomic E-state index is 12.3. The Morgan fingerprint density at radius 1 is 1.35 bits per heavy atom. The van der Waals surface area contributed by atoms with E-state index in [2.05, 4.69) is 20.3 Å². The van der Waals surface area contributed by atoms with Crippen molar-refractivity contribution in [3.05, 3.63) is 46.5 Å². The SMILES string of the molecule is C[C@H](N[S+]([O-])C(C)(C)C)c1ncn2c1CCc1c(Cl)cccc1-2. The molecule has 1 unspecified atom stereocenters. The van der Waals surface area contributed by atoms with Crippen LogP contribution in [0.3, 0.4) is 0 Å². The first kappa shape index (κ1) is 16.8. The van der Waals surface area contributed by atoms with Crippen molar-refractivity contribution in [2.75, 3.05) is 0 Å². The highest BCUT2D eigenvalue weighted by atomic mass is 35.5. The van der Waals surface area contributed by atoms with Crippen LogP contribution < -0.4 is 4.72 Å². The molecule has 0 radical (unpaired) electrons. The van der Waals surface area contributed by atoms with Crippen molar-refractivity contribution in [3.63, 3.8) is 0 Å². The van der Waals surface area contributed by atoms with E-state index in [-0.39, 0.29) is 10.8 Å². The molecule has 0 saturated carbocycles. The van der Waals surface area contributed by atoms with Crippen molar-refractivity contribution in [3.8, 4) is 5.69 Å². The molecule has 0 saturated heterocycles. The molecule has 0 spiro atoms. The number of fused-ring (bicyclic) bond motifs is 3. The number of hydrogen-bond acceptors (Lipinski definition) is 3. The zero-order valence-electron chi connectivity index (χ0n) is 13.9. The molecule has 1 aliphatic heterocycles. The lowest BCUT2D eigenvalue weighted by Crippen LogP contribution is -2.40. The zero-order chi connectivity index (χ0) is 16.8. The summed E-state index contributed by atoms with van der Waals surface area (Å²) in [6, 6.07) is 5.90. The summed E-state index contributed by atoms with van der Waals surface area (Å²) < 4.78 is 17.3. The van der Waals surface area contributed by atoms with E-state index in [4.69, 9.17) is 11.6 Å². The molecule has 124 valence electrons. The second-order valence-corrected chi connectivity index (χ2v) is 9.31. The summed E-state index contributed by atoms with van der Waals surface area (Å²) in [4.78, 5) is 4.58. The van der Waals surface area contributed by atoms with Crippen LogP contribution >= 0.6 is 11.6 Å². The summed E-state index contributed by atoms with van der Waals surface area (Å²) in [5, 5.41) is 0.809. The molecule has 6 heteroatoms. The number of nitrogens with zero attached hydrogens (tertiary/aromatic N) is 2. The predicted octanol–water partition coefficient (Wildman–Crippen LogP) is 3.74. The van der Waals surface area contributed by atoms with Gasteiger partial charge in [0.05, 0.1) is 23.8 Å². The van der Waals surface area contributed by atoms with Crippen LogP contribution in [0.4, 0.5) is 0 Å². The van der Waals surface area contributed by atoms with Crippen molar-refractivity contribution in [1.82, 2.24) is 14.3 Å². The van der Waals surface area contributed by atoms with Gasteiger partial charge in [-0.25, -0.2) is 4.98 Å². The minimum Gasteiger partial charge on any atom is -0.598 e. The van der Waals surface area contributed by atoms with Crippen molar-refractivity contribution in [2.24, 2.45) is 0 Å². The lowest BCUT2D eigenvalue weighted by atomic mass is 9.99. The van der Waals surface area contributed by atoms with Gasteiger partial charge in [-0.05, 0) is 58.2 Å². The van der Waals surface area contributed by atoms with Crippen LogP contribution in [0.15, 0.2) is 24.5 Å². The van der Waals surface area contributed by atoms with Gasteiger partial charge >= 0.3 is 0 Å². The number of benzene rings is 1. The van der Waals surface area contributed by atoms with Crippen LogP contribution in [-0.4, -0.2) is 18.9 Å². The van der Waals surface area contributed by atoms with Gasteiger partial charge in [0.2, 0.25) is 0 Å². The number of imidazole rings is 1. The van der Waals surface area contributed by atoms with Crippen molar-refractivity contribution >= 4 is 23.0 Å². The molecule has 0 fully saturated rings. The molecule has 2 atom stereocenters. The monoisotopic (exact) mass is 351 g/mol. The Hall–Kier alpha value is -1.01. The summed E-state index contributed by atoms with van der Waals surface area (Å²) in [6.45, 7) is 7.90. The molecule has 23 heavy (non-hydrogen) atoms. The van der Waals surface area contributed by atoms with Crippen LogP contribution in [0.1, 0.15) is 50.7 Å². The van der Waals surface area contributed by atoms with Gasteiger partial charge in [-0.2, -0.15) is 0 Å². The Morgan fingerprint density at radius 2 is 2.09 bits per heavy atom. The van der Waals surface area contributed by atoms with E-state index in [9.17, 15) is 4.55 Å². The summed E-state index contributed by atoms with van der Waals surface area (Å²) in [7, 11) is 0. The first-order valence-corrected chi connectivity index (χ1v) is 9.33. The quantitative estimate of drug-likeness (QED) is 0.857. The highest BCUT2D eigenvalue weighted by Gasteiger charge is 2.31. The van der Waals surface area contributed by atoms with Gasteiger partial charge in [0, 0.05) is 22.1 Å². The molecule has 1 N–H and O–H groups in total. The van der Waals surface area contributed by atoms with E-state index in [0.717, 1.165) is 29.2 Å². The third kappa shape index (κ3) is 3.15. The fraction of sp³-hybridized carbons (Fsp3) is 0.471. The van der Waals surface area contributed by atoms with E-state index in [0.29, 0.717) is 0 Å². The second-order valence-electron chi connectivity index (χ2n) is 6.90. The molecule has 4 nitrogen and oxygen atoms in total. The summed E-state index contributed by atoms with van der Waals surface area (Å²) in [5.41, 5.74) is 4.41. The number of rotatable bonds is 3. The van der Waals surface area contributed by atoms with E-state index >= 15 is 0 Å². The molecular weight excluding hydrogens is 330 g/mol. The maximum absolute atomic E-state index is 12.3. The zero-order valence-corrected chi connectivity index (χ0v) is 15.5. The lowest BCUT2D eigenvalue weighted by Gasteiger charge is -2.27. The fourth-order valence-electron chi connectivity index (χ4n) is 2.86. The average molecular weight is 352 g/mol. The maximum Gasteiger partial charge on any atom is 0.136 e. The number of aromatic nitrogens is 2. The molecule has 2 heterocycles. The number of nitrogens with one attached hydrogen (secondary N) is 1. The van der Waals surface area contributed by atoms with Gasteiger partial charge in [0.1, 0.15) is 4.75 Å². The number of hydrogen-bond donors (Lipinski definition) is 1. The van der Waals surface area contributed by atoms with Gasteiger partial charge in [0.15, 0.2) is 0 Å². The Kier molecular flexibility index (Phi) is 4.49. The predicted molar refractivity (Wildman–Crippen MR) is 95.4 cm³/mol. The van der Waals surface area contributed by atoms with Gasteiger partial charge in [-0.15, -0.1) is 4.72 Å². The molecular formula is C17H22ClN3OS. The summed E-state index contributed by atoms with van der Waals surface area (Å²) in [6.07, 6.45) is 3.64. The largest absolute Gasteiger partial charge is 0.598 e. The van der Waals surface area contributed by atoms with Crippen LogP contribution in [0.2, 0.25) is 5.02 Å². The van der Waals surface area contributed by atoms with Gasteiger partial charge < -0.3 is 9.12 Å². The fourth-order valence-corrected chi connectivity index (χ4v) is 3.91. The first-order chi connectivity index (χ1) is 10.8. The normalized spacial score (nSPS) is 16.6. The molecule has 2 aromatic rings. The third-order valence-corrected chi connectivity index (χ3v) is 6.15. The van der Waals surface area contributed by atoms with Gasteiger partial charge in [-0.3, -0.25) is 0 Å². The Labute approximate surface area is 145 Å². The van der Waals surface area contributed by atoms with Crippen molar-refractivity contribution in [2.45, 2.75) is 51.3 Å². The Morgan fingerprint density at radius 3 is 2.78 bits per heavy atom. The molecule has 3 rings (SSSR count). The van der Waals surface area contributed by atoms with E-state index < -0.39 is 11.4 Å². The standard InChI is InChI=1S/C17H22ClN3OS/c1-11(20-23(22)17(2,3)4)16-15-9-8-12-13(18)6-5-7-14(12)21(15)10-19-16/h5-7,10-11,20H,8-9H2,1-4H3/t11-,23?/m0/s1. The van der Waals surface area contributed by atoms with Crippen molar-refractivity contribution < 1.29 is 4.55 Å². The Balaban J connectivity index is 1.91. The topological polar surface area (TPSA) is 52.9 Å². The van der Waals surface area contributed by atoms with E-state index in [1.807, 2.05) is 46.2 Å². The molecule has 0 aliphatic carbocycles. The van der Waals surface area contributed by atoms with E-state index in [1.165, 1.54) is 11.3 Å². The van der Waals surface area contributed by atoms with Gasteiger partial charge in [-0.1, -0.05) is 17.7 Å². The Bertz CT molecular complexity index is 723. The molecule has 0 amide bonds. The second kappa shape index (κ2) is 6.13. The van der Waals surface area contributed by atoms with E-state index in [1.54, 1.807) is 0 Å². The summed E-state index contributed by atoms with van der Waals surface area (Å²) in [5.74, 6) is 0. The molecule has 1 aliphatic rings. The van der Waals surface area contributed by atoms with Gasteiger partial charge in [0.25, 0.3) is 0 Å². The van der Waals surface area contributed by atoms with Crippen molar-refractivity contribution in [1.29, 1.82) is 0 Å². The highest BCUT2D eigenvalue weighted by Crippen LogP contribution is 2.33. The van der Waals surface area contributed by atoms with Crippen LogP contribution in [-0.2, 0) is 24.2 Å². The number of halogens is 1. The van der Waals surface area contributed by atoms with Crippen LogP contribution in [0, 0.1) is 0 Å². The third-order valence-electron chi connectivity index (χ3n) is 4.11. The van der Waals surface area contributed by atoms with Crippen LogP contribution in [0.5, 0.6) is 0 Å². The summed E-state index contributed by atoms with van der Waals surface area (Å²) >= 11 is 5.19. The lowest BCUT2D eigenvalue weighted by molar-refractivity contribution is 0.528. The smallest absolute Gasteiger partial charge is 0.136 e.